The quantitative estimate of drug-likeness (QED) is 0.706. The van der Waals surface area contributed by atoms with Crippen molar-refractivity contribution in [3.8, 4) is 0 Å². The number of nitrogens with one attached hydrogen (secondary N) is 1. The van der Waals surface area contributed by atoms with Crippen molar-refractivity contribution in [1.29, 1.82) is 0 Å². The van der Waals surface area contributed by atoms with Crippen molar-refractivity contribution in [3.63, 3.8) is 0 Å². The molecule has 1 heterocycles. The Bertz CT molecular complexity index is 303. The van der Waals surface area contributed by atoms with Crippen LogP contribution < -0.4 is 5.32 Å². The molecule has 0 amide bonds. The van der Waals surface area contributed by atoms with E-state index in [4.69, 9.17) is 4.74 Å². The molecule has 70 valence electrons. The molecule has 0 spiro atoms. The van der Waals surface area contributed by atoms with Gasteiger partial charge in [-0.05, 0) is 25.0 Å². The van der Waals surface area contributed by atoms with Crippen molar-refractivity contribution >= 4 is 0 Å². The first-order chi connectivity index (χ1) is 6.22. The lowest BCUT2D eigenvalue weighted by molar-refractivity contribution is 0.179. The van der Waals surface area contributed by atoms with E-state index < -0.39 is 0 Å². The number of hydrogen-bond acceptors (Lipinski definition) is 2. The van der Waals surface area contributed by atoms with Gasteiger partial charge in [-0.2, -0.15) is 0 Å². The van der Waals surface area contributed by atoms with Crippen LogP contribution in [0.2, 0.25) is 0 Å². The first-order valence-electron chi connectivity index (χ1n) is 4.61. The third-order valence-electron chi connectivity index (χ3n) is 2.69. The molecule has 13 heavy (non-hydrogen) atoms. The maximum absolute atomic E-state index is 5.36. The van der Waals surface area contributed by atoms with Gasteiger partial charge < -0.3 is 4.74 Å². The minimum Gasteiger partial charge on any atom is -0.364 e. The lowest BCUT2D eigenvalue weighted by Gasteiger charge is -2.24. The molecule has 0 bridgehead atoms. The smallest absolute Gasteiger partial charge is 0.0973 e. The van der Waals surface area contributed by atoms with E-state index in [-0.39, 0.29) is 5.54 Å². The summed E-state index contributed by atoms with van der Waals surface area (Å²) in [6.45, 7) is 5.74. The molecule has 1 saturated heterocycles. The lowest BCUT2D eigenvalue weighted by atomic mass is 9.90. The molecular weight excluding hydrogens is 162 g/mol. The van der Waals surface area contributed by atoms with Crippen LogP contribution in [0.5, 0.6) is 0 Å². The van der Waals surface area contributed by atoms with Crippen LogP contribution in [0.15, 0.2) is 24.3 Å². The fraction of sp³-hybridized carbons (Fsp3) is 0.455. The summed E-state index contributed by atoms with van der Waals surface area (Å²) in [5, 5.41) is 3.37. The molecular formula is C11H15NO. The standard InChI is InChI=1S/C11H15NO/c1-9-5-3-4-6-10(9)11(2)7-13-8-12-11/h3-6,12H,7-8H2,1-2H3. The zero-order chi connectivity index (χ0) is 9.31. The average Bonchev–Trinajstić information content (AvgIpc) is 2.54. The summed E-state index contributed by atoms with van der Waals surface area (Å²) in [4.78, 5) is 0. The maximum atomic E-state index is 5.36. The molecule has 0 aromatic heterocycles. The number of benzene rings is 1. The second kappa shape index (κ2) is 3.13. The summed E-state index contributed by atoms with van der Waals surface area (Å²) in [6, 6.07) is 8.45. The summed E-state index contributed by atoms with van der Waals surface area (Å²) in [7, 11) is 0. The molecule has 1 aliphatic heterocycles. The zero-order valence-corrected chi connectivity index (χ0v) is 8.13. The van der Waals surface area contributed by atoms with Crippen molar-refractivity contribution in [2.45, 2.75) is 19.4 Å². The van der Waals surface area contributed by atoms with Gasteiger partial charge in [0.1, 0.15) is 0 Å². The van der Waals surface area contributed by atoms with Gasteiger partial charge >= 0.3 is 0 Å². The van der Waals surface area contributed by atoms with Gasteiger partial charge in [-0.25, -0.2) is 0 Å². The number of aryl methyl sites for hydroxylation is 1. The van der Waals surface area contributed by atoms with Crippen molar-refractivity contribution in [1.82, 2.24) is 5.32 Å². The first-order valence-corrected chi connectivity index (χ1v) is 4.61. The fourth-order valence-corrected chi connectivity index (χ4v) is 1.88. The van der Waals surface area contributed by atoms with E-state index in [2.05, 4.69) is 43.4 Å². The Morgan fingerprint density at radius 3 is 2.77 bits per heavy atom. The van der Waals surface area contributed by atoms with Crippen LogP contribution in [0, 0.1) is 6.92 Å². The van der Waals surface area contributed by atoms with Gasteiger partial charge in [-0.15, -0.1) is 0 Å². The third-order valence-corrected chi connectivity index (χ3v) is 2.69. The highest BCUT2D eigenvalue weighted by atomic mass is 16.5. The number of rotatable bonds is 1. The summed E-state index contributed by atoms with van der Waals surface area (Å²) >= 11 is 0. The SMILES string of the molecule is Cc1ccccc1C1(C)COCN1. The van der Waals surface area contributed by atoms with Crippen LogP contribution in [0.25, 0.3) is 0 Å². The summed E-state index contributed by atoms with van der Waals surface area (Å²) in [6.07, 6.45) is 0. The molecule has 1 aliphatic rings. The fourth-order valence-electron chi connectivity index (χ4n) is 1.88. The molecule has 1 unspecified atom stereocenters. The Morgan fingerprint density at radius 1 is 1.38 bits per heavy atom. The van der Waals surface area contributed by atoms with Gasteiger partial charge in [0.05, 0.1) is 18.9 Å². The molecule has 0 aliphatic carbocycles. The molecule has 1 N–H and O–H groups in total. The molecule has 0 radical (unpaired) electrons. The molecule has 1 aromatic carbocycles. The van der Waals surface area contributed by atoms with E-state index in [9.17, 15) is 0 Å². The van der Waals surface area contributed by atoms with Crippen LogP contribution in [0.4, 0.5) is 0 Å². The molecule has 2 nitrogen and oxygen atoms in total. The monoisotopic (exact) mass is 177 g/mol. The molecule has 0 saturated carbocycles. The highest BCUT2D eigenvalue weighted by Gasteiger charge is 2.31. The average molecular weight is 177 g/mol. The van der Waals surface area contributed by atoms with Gasteiger partial charge in [0.15, 0.2) is 0 Å². The van der Waals surface area contributed by atoms with Crippen LogP contribution in [0.3, 0.4) is 0 Å². The highest BCUT2D eigenvalue weighted by Crippen LogP contribution is 2.26. The second-order valence-corrected chi connectivity index (χ2v) is 3.82. The normalized spacial score (nSPS) is 27.8. The third kappa shape index (κ3) is 1.47. The number of hydrogen-bond donors (Lipinski definition) is 1. The van der Waals surface area contributed by atoms with Crippen LogP contribution in [-0.4, -0.2) is 13.3 Å². The van der Waals surface area contributed by atoms with Crippen molar-refractivity contribution < 1.29 is 4.74 Å². The van der Waals surface area contributed by atoms with Gasteiger partial charge in [0.25, 0.3) is 0 Å². The van der Waals surface area contributed by atoms with Gasteiger partial charge in [-0.1, -0.05) is 24.3 Å². The molecule has 2 rings (SSSR count). The summed E-state index contributed by atoms with van der Waals surface area (Å²) < 4.78 is 5.36. The molecule has 1 aromatic rings. The Kier molecular flexibility index (Phi) is 2.10. The van der Waals surface area contributed by atoms with Crippen molar-refractivity contribution in [2.24, 2.45) is 0 Å². The predicted molar refractivity (Wildman–Crippen MR) is 52.5 cm³/mol. The first kappa shape index (κ1) is 8.73. The minimum absolute atomic E-state index is 0.00530. The number of ether oxygens (including phenoxy) is 1. The minimum atomic E-state index is 0.00530. The Labute approximate surface area is 78.9 Å². The predicted octanol–water partition coefficient (Wildman–Crippen LogP) is 1.79. The van der Waals surface area contributed by atoms with Crippen molar-refractivity contribution in [3.05, 3.63) is 35.4 Å². The lowest BCUT2D eigenvalue weighted by Crippen LogP contribution is -2.36. The largest absolute Gasteiger partial charge is 0.364 e. The van der Waals surface area contributed by atoms with Crippen LogP contribution in [-0.2, 0) is 10.3 Å². The Morgan fingerprint density at radius 2 is 2.15 bits per heavy atom. The van der Waals surface area contributed by atoms with Gasteiger partial charge in [0.2, 0.25) is 0 Å². The summed E-state index contributed by atoms with van der Waals surface area (Å²) in [5.74, 6) is 0. The van der Waals surface area contributed by atoms with E-state index in [1.54, 1.807) is 0 Å². The van der Waals surface area contributed by atoms with E-state index >= 15 is 0 Å². The van der Waals surface area contributed by atoms with Crippen LogP contribution in [0.1, 0.15) is 18.1 Å². The molecule has 1 atom stereocenters. The summed E-state index contributed by atoms with van der Waals surface area (Å²) in [5.41, 5.74) is 2.67. The highest BCUT2D eigenvalue weighted by molar-refractivity contribution is 5.32. The topological polar surface area (TPSA) is 21.3 Å². The zero-order valence-electron chi connectivity index (χ0n) is 8.13. The van der Waals surface area contributed by atoms with E-state index in [0.29, 0.717) is 6.73 Å². The van der Waals surface area contributed by atoms with E-state index in [0.717, 1.165) is 6.61 Å². The van der Waals surface area contributed by atoms with E-state index in [1.165, 1.54) is 11.1 Å². The Balaban J connectivity index is 2.39. The van der Waals surface area contributed by atoms with Gasteiger partial charge in [0, 0.05) is 0 Å². The second-order valence-electron chi connectivity index (χ2n) is 3.82. The Hall–Kier alpha value is -0.860. The van der Waals surface area contributed by atoms with E-state index in [1.807, 2.05) is 0 Å². The molecule has 1 fully saturated rings. The van der Waals surface area contributed by atoms with Crippen molar-refractivity contribution in [2.75, 3.05) is 13.3 Å². The maximum Gasteiger partial charge on any atom is 0.0973 e. The molecule has 2 heteroatoms. The van der Waals surface area contributed by atoms with Crippen LogP contribution >= 0.6 is 0 Å². The van der Waals surface area contributed by atoms with Gasteiger partial charge in [-0.3, -0.25) is 5.32 Å².